The van der Waals surface area contributed by atoms with Crippen molar-refractivity contribution in [3.63, 3.8) is 0 Å². The molecule has 0 atom stereocenters. The zero-order valence-corrected chi connectivity index (χ0v) is 11.4. The van der Waals surface area contributed by atoms with Crippen LogP contribution >= 0.6 is 0 Å². The molecule has 0 unspecified atom stereocenters. The number of benzene rings is 1. The summed E-state index contributed by atoms with van der Waals surface area (Å²) >= 11 is 0. The molecule has 1 rings (SSSR count). The Hall–Kier alpha value is -1.62. The molecular formula is C14H20FNO3. The van der Waals surface area contributed by atoms with Crippen molar-refractivity contribution in [3.8, 4) is 5.75 Å². The largest absolute Gasteiger partial charge is 0.479 e. The van der Waals surface area contributed by atoms with Gasteiger partial charge in [0.15, 0.2) is 18.2 Å². The summed E-state index contributed by atoms with van der Waals surface area (Å²) in [6, 6.07) is 4.65. The number of nitrogens with one attached hydrogen (secondary N) is 1. The molecule has 1 aromatic rings. The molecule has 0 bridgehead atoms. The van der Waals surface area contributed by atoms with Crippen molar-refractivity contribution < 1.29 is 18.7 Å². The molecule has 0 saturated heterocycles. The second kappa shape index (κ2) is 8.48. The molecule has 0 aromatic heterocycles. The molecule has 0 aliphatic carbocycles. The van der Waals surface area contributed by atoms with Crippen LogP contribution in [0.3, 0.4) is 0 Å². The van der Waals surface area contributed by atoms with Crippen molar-refractivity contribution in [2.75, 3.05) is 20.3 Å². The van der Waals surface area contributed by atoms with Crippen LogP contribution in [0.2, 0.25) is 0 Å². The Labute approximate surface area is 112 Å². The van der Waals surface area contributed by atoms with Gasteiger partial charge in [0.25, 0.3) is 0 Å². The molecule has 0 amide bonds. The highest BCUT2D eigenvalue weighted by atomic mass is 19.1. The van der Waals surface area contributed by atoms with Crippen LogP contribution in [0.5, 0.6) is 5.75 Å². The molecule has 0 radical (unpaired) electrons. The second-order valence-electron chi connectivity index (χ2n) is 4.16. The maximum Gasteiger partial charge on any atom is 0.344 e. The third-order valence-electron chi connectivity index (χ3n) is 2.48. The molecule has 106 valence electrons. The van der Waals surface area contributed by atoms with Gasteiger partial charge in [-0.3, -0.25) is 0 Å². The van der Waals surface area contributed by atoms with Crippen molar-refractivity contribution in [3.05, 3.63) is 29.6 Å². The van der Waals surface area contributed by atoms with E-state index in [0.29, 0.717) is 13.2 Å². The minimum absolute atomic E-state index is 0.0623. The van der Waals surface area contributed by atoms with E-state index < -0.39 is 11.8 Å². The third kappa shape index (κ3) is 5.70. The van der Waals surface area contributed by atoms with Crippen molar-refractivity contribution in [2.24, 2.45) is 0 Å². The third-order valence-corrected chi connectivity index (χ3v) is 2.48. The van der Waals surface area contributed by atoms with E-state index in [1.807, 2.05) is 6.92 Å². The Bertz CT molecular complexity index is 410. The Balaban J connectivity index is 2.42. The first-order chi connectivity index (χ1) is 9.17. The number of hydrogen-bond donors (Lipinski definition) is 1. The quantitative estimate of drug-likeness (QED) is 0.581. The van der Waals surface area contributed by atoms with Gasteiger partial charge in [-0.1, -0.05) is 19.4 Å². The van der Waals surface area contributed by atoms with E-state index >= 15 is 0 Å². The predicted molar refractivity (Wildman–Crippen MR) is 70.5 cm³/mol. The van der Waals surface area contributed by atoms with Gasteiger partial charge in [0.1, 0.15) is 0 Å². The van der Waals surface area contributed by atoms with Crippen molar-refractivity contribution in [2.45, 2.75) is 26.3 Å². The topological polar surface area (TPSA) is 47.6 Å². The fourth-order valence-electron chi connectivity index (χ4n) is 1.48. The Morgan fingerprint density at radius 3 is 2.84 bits per heavy atom. The lowest BCUT2D eigenvalue weighted by Crippen LogP contribution is -2.16. The first kappa shape index (κ1) is 15.4. The van der Waals surface area contributed by atoms with Crippen LogP contribution < -0.4 is 10.1 Å². The highest BCUT2D eigenvalue weighted by molar-refractivity contribution is 5.71. The van der Waals surface area contributed by atoms with Crippen LogP contribution in [0.15, 0.2) is 18.2 Å². The normalized spacial score (nSPS) is 10.3. The molecule has 0 heterocycles. The zero-order chi connectivity index (χ0) is 14.1. The number of ether oxygens (including phenoxy) is 2. The van der Waals surface area contributed by atoms with Gasteiger partial charge in [0.2, 0.25) is 0 Å². The first-order valence-corrected chi connectivity index (χ1v) is 6.38. The number of halogens is 1. The lowest BCUT2D eigenvalue weighted by atomic mass is 10.2. The van der Waals surface area contributed by atoms with Crippen LogP contribution in [0.25, 0.3) is 0 Å². The summed E-state index contributed by atoms with van der Waals surface area (Å²) in [6.45, 7) is 2.69. The van der Waals surface area contributed by atoms with Gasteiger partial charge in [-0.05, 0) is 31.2 Å². The zero-order valence-electron chi connectivity index (χ0n) is 11.4. The van der Waals surface area contributed by atoms with Gasteiger partial charge >= 0.3 is 5.97 Å². The van der Waals surface area contributed by atoms with Gasteiger partial charge in [-0.25, -0.2) is 9.18 Å². The van der Waals surface area contributed by atoms with Gasteiger partial charge < -0.3 is 14.8 Å². The maximum absolute atomic E-state index is 13.6. The molecule has 0 aliphatic rings. The summed E-state index contributed by atoms with van der Waals surface area (Å²) in [6.07, 6.45) is 1.77. The van der Waals surface area contributed by atoms with Gasteiger partial charge in [-0.2, -0.15) is 0 Å². The summed E-state index contributed by atoms with van der Waals surface area (Å²) in [5.41, 5.74) is 0.817. The Kier molecular flexibility index (Phi) is 6.89. The standard InChI is InChI=1S/C14H20FNO3/c1-3-4-7-18-14(17)10-19-13-6-5-11(9-16-2)8-12(13)15/h5-6,8,16H,3-4,7,9-10H2,1-2H3. The van der Waals surface area contributed by atoms with Crippen molar-refractivity contribution >= 4 is 5.97 Å². The van der Waals surface area contributed by atoms with E-state index in [-0.39, 0.29) is 12.4 Å². The van der Waals surface area contributed by atoms with Crippen molar-refractivity contribution in [1.82, 2.24) is 5.32 Å². The van der Waals surface area contributed by atoms with E-state index in [1.165, 1.54) is 12.1 Å². The predicted octanol–water partition coefficient (Wildman–Crippen LogP) is 2.27. The van der Waals surface area contributed by atoms with E-state index in [1.54, 1.807) is 13.1 Å². The van der Waals surface area contributed by atoms with Crippen molar-refractivity contribution in [1.29, 1.82) is 0 Å². The molecular weight excluding hydrogens is 249 g/mol. The number of esters is 1. The van der Waals surface area contributed by atoms with E-state index in [2.05, 4.69) is 5.32 Å². The highest BCUT2D eigenvalue weighted by Crippen LogP contribution is 2.18. The lowest BCUT2D eigenvalue weighted by molar-refractivity contribution is -0.146. The van der Waals surface area contributed by atoms with Gasteiger partial charge in [-0.15, -0.1) is 0 Å². The number of unbranched alkanes of at least 4 members (excludes halogenated alkanes) is 1. The van der Waals surface area contributed by atoms with Crippen LogP contribution in [0.4, 0.5) is 4.39 Å². The number of carbonyl (C=O) groups is 1. The van der Waals surface area contributed by atoms with Crippen LogP contribution in [-0.2, 0) is 16.1 Å². The number of hydrogen-bond acceptors (Lipinski definition) is 4. The van der Waals surface area contributed by atoms with E-state index in [9.17, 15) is 9.18 Å². The van der Waals surface area contributed by atoms with Crippen LogP contribution in [0, 0.1) is 5.82 Å². The highest BCUT2D eigenvalue weighted by Gasteiger charge is 2.08. The summed E-state index contributed by atoms with van der Waals surface area (Å²) in [5.74, 6) is -0.895. The summed E-state index contributed by atoms with van der Waals surface area (Å²) in [5, 5.41) is 2.93. The first-order valence-electron chi connectivity index (χ1n) is 6.38. The summed E-state index contributed by atoms with van der Waals surface area (Å²) in [4.78, 5) is 11.3. The van der Waals surface area contributed by atoms with Gasteiger partial charge in [0, 0.05) is 6.54 Å². The van der Waals surface area contributed by atoms with Crippen LogP contribution in [-0.4, -0.2) is 26.2 Å². The molecule has 1 N–H and O–H groups in total. The second-order valence-corrected chi connectivity index (χ2v) is 4.16. The molecule has 0 saturated carbocycles. The van der Waals surface area contributed by atoms with Crippen LogP contribution in [0.1, 0.15) is 25.3 Å². The maximum atomic E-state index is 13.6. The summed E-state index contributed by atoms with van der Waals surface area (Å²) < 4.78 is 23.6. The molecule has 1 aromatic carbocycles. The molecule has 0 aliphatic heterocycles. The van der Waals surface area contributed by atoms with E-state index in [4.69, 9.17) is 9.47 Å². The number of rotatable bonds is 8. The average molecular weight is 269 g/mol. The fraction of sp³-hybridized carbons (Fsp3) is 0.500. The Morgan fingerprint density at radius 2 is 2.21 bits per heavy atom. The molecule has 5 heteroatoms. The van der Waals surface area contributed by atoms with E-state index in [0.717, 1.165) is 18.4 Å². The minimum atomic E-state index is -0.479. The number of carbonyl (C=O) groups excluding carboxylic acids is 1. The summed E-state index contributed by atoms with van der Waals surface area (Å²) in [7, 11) is 1.79. The molecule has 0 spiro atoms. The molecule has 4 nitrogen and oxygen atoms in total. The Morgan fingerprint density at radius 1 is 1.42 bits per heavy atom. The minimum Gasteiger partial charge on any atom is -0.479 e. The smallest absolute Gasteiger partial charge is 0.344 e. The average Bonchev–Trinajstić information content (AvgIpc) is 2.38. The fourth-order valence-corrected chi connectivity index (χ4v) is 1.48. The molecule has 19 heavy (non-hydrogen) atoms. The monoisotopic (exact) mass is 269 g/mol. The lowest BCUT2D eigenvalue weighted by Gasteiger charge is -2.08. The SMILES string of the molecule is CCCCOC(=O)COc1ccc(CNC)cc1F. The molecule has 0 fully saturated rings. The van der Waals surface area contributed by atoms with Gasteiger partial charge in [0.05, 0.1) is 6.61 Å².